The van der Waals surface area contributed by atoms with Crippen molar-refractivity contribution < 1.29 is 0 Å². The standard InChI is InChI=1S/C5H10NP/c7-5-2-3-1-4(3)6-5/h3-6H,1-2,7H2. The lowest BCUT2D eigenvalue weighted by Crippen LogP contribution is -2.18. The van der Waals surface area contributed by atoms with Gasteiger partial charge in [-0.25, -0.2) is 0 Å². The number of fused-ring (bicyclic) bond motifs is 1. The Bertz CT molecular complexity index is 84.1. The Labute approximate surface area is 46.1 Å². The van der Waals surface area contributed by atoms with Crippen LogP contribution in [0.1, 0.15) is 12.8 Å². The summed E-state index contributed by atoms with van der Waals surface area (Å²) in [5, 5.41) is 3.45. The van der Waals surface area contributed by atoms with Crippen molar-refractivity contribution in [1.29, 1.82) is 0 Å². The highest BCUT2D eigenvalue weighted by molar-refractivity contribution is 7.17. The van der Waals surface area contributed by atoms with Crippen molar-refractivity contribution in [2.75, 3.05) is 0 Å². The minimum Gasteiger partial charge on any atom is -0.308 e. The van der Waals surface area contributed by atoms with Crippen LogP contribution in [-0.2, 0) is 0 Å². The lowest BCUT2D eigenvalue weighted by molar-refractivity contribution is 0.695. The molecule has 1 N–H and O–H groups in total. The minimum atomic E-state index is 0.740. The Balaban J connectivity index is 2.02. The average molecular weight is 115 g/mol. The van der Waals surface area contributed by atoms with Crippen molar-refractivity contribution >= 4 is 9.24 Å². The van der Waals surface area contributed by atoms with E-state index >= 15 is 0 Å². The van der Waals surface area contributed by atoms with Gasteiger partial charge < -0.3 is 5.32 Å². The maximum absolute atomic E-state index is 3.45. The third kappa shape index (κ3) is 0.595. The van der Waals surface area contributed by atoms with Gasteiger partial charge in [0.1, 0.15) is 0 Å². The number of rotatable bonds is 0. The zero-order valence-electron chi connectivity index (χ0n) is 4.22. The van der Waals surface area contributed by atoms with Gasteiger partial charge in [-0.15, -0.1) is 9.24 Å². The van der Waals surface area contributed by atoms with Crippen LogP contribution in [0.4, 0.5) is 0 Å². The Hall–Kier alpha value is 0.390. The number of hydrogen-bond acceptors (Lipinski definition) is 1. The SMILES string of the molecule is PC1CC2CC2N1. The molecule has 2 aliphatic rings. The molecular weight excluding hydrogens is 105 g/mol. The van der Waals surface area contributed by atoms with Crippen molar-refractivity contribution in [3.63, 3.8) is 0 Å². The molecule has 0 bridgehead atoms. The van der Waals surface area contributed by atoms with Crippen LogP contribution >= 0.6 is 9.24 Å². The van der Waals surface area contributed by atoms with Gasteiger partial charge in [0, 0.05) is 11.8 Å². The van der Waals surface area contributed by atoms with Gasteiger partial charge >= 0.3 is 0 Å². The molecule has 0 aromatic heterocycles. The van der Waals surface area contributed by atoms with E-state index < -0.39 is 0 Å². The Morgan fingerprint density at radius 3 is 2.57 bits per heavy atom. The predicted octanol–water partition coefficient (Wildman–Crippen LogP) is 0.569. The summed E-state index contributed by atoms with van der Waals surface area (Å²) in [7, 11) is 2.82. The molecule has 1 saturated heterocycles. The summed E-state index contributed by atoms with van der Waals surface area (Å²) in [6.45, 7) is 0. The van der Waals surface area contributed by atoms with Crippen LogP contribution < -0.4 is 5.32 Å². The highest BCUT2D eigenvalue weighted by Crippen LogP contribution is 2.42. The zero-order valence-corrected chi connectivity index (χ0v) is 5.38. The topological polar surface area (TPSA) is 12.0 Å². The fourth-order valence-electron chi connectivity index (χ4n) is 1.38. The molecule has 0 aromatic rings. The van der Waals surface area contributed by atoms with Crippen LogP contribution in [0, 0.1) is 5.92 Å². The molecule has 1 saturated carbocycles. The van der Waals surface area contributed by atoms with Crippen LogP contribution in [0.2, 0.25) is 0 Å². The van der Waals surface area contributed by atoms with Gasteiger partial charge in [-0.3, -0.25) is 0 Å². The second kappa shape index (κ2) is 1.21. The predicted molar refractivity (Wildman–Crippen MR) is 33.1 cm³/mol. The molecule has 0 aromatic carbocycles. The van der Waals surface area contributed by atoms with Gasteiger partial charge in [0.15, 0.2) is 0 Å². The number of hydrogen-bond donors (Lipinski definition) is 1. The van der Waals surface area contributed by atoms with E-state index in [2.05, 4.69) is 14.6 Å². The molecule has 1 nitrogen and oxygen atoms in total. The van der Waals surface area contributed by atoms with E-state index in [1.165, 1.54) is 12.8 Å². The van der Waals surface area contributed by atoms with E-state index in [0.717, 1.165) is 17.7 Å². The third-order valence-corrected chi connectivity index (χ3v) is 2.37. The molecule has 0 spiro atoms. The minimum absolute atomic E-state index is 0.740. The molecule has 4 unspecified atom stereocenters. The fraction of sp³-hybridized carbons (Fsp3) is 1.00. The molecule has 2 fully saturated rings. The molecule has 2 rings (SSSR count). The molecule has 0 amide bonds. The molecule has 1 heterocycles. The van der Waals surface area contributed by atoms with Crippen LogP contribution in [0.3, 0.4) is 0 Å². The van der Waals surface area contributed by atoms with Crippen molar-refractivity contribution in [2.24, 2.45) is 5.92 Å². The van der Waals surface area contributed by atoms with Crippen LogP contribution in [-0.4, -0.2) is 11.8 Å². The van der Waals surface area contributed by atoms with E-state index in [1.54, 1.807) is 0 Å². The van der Waals surface area contributed by atoms with Crippen LogP contribution in [0.15, 0.2) is 0 Å². The largest absolute Gasteiger partial charge is 0.308 e. The van der Waals surface area contributed by atoms with Gasteiger partial charge in [0.2, 0.25) is 0 Å². The summed E-state index contributed by atoms with van der Waals surface area (Å²) in [6, 6.07) is 0.919. The molecule has 2 heteroatoms. The first-order valence-electron chi connectivity index (χ1n) is 2.88. The highest BCUT2D eigenvalue weighted by atomic mass is 31.0. The zero-order chi connectivity index (χ0) is 4.85. The maximum Gasteiger partial charge on any atom is 0.0217 e. The fourth-order valence-corrected chi connectivity index (χ4v) is 1.98. The first-order chi connectivity index (χ1) is 3.36. The smallest absolute Gasteiger partial charge is 0.0217 e. The number of piperidine rings is 1. The van der Waals surface area contributed by atoms with Gasteiger partial charge in [-0.1, -0.05) is 0 Å². The quantitative estimate of drug-likeness (QED) is 0.455. The third-order valence-electron chi connectivity index (χ3n) is 1.91. The van der Waals surface area contributed by atoms with Crippen molar-refractivity contribution in [3.05, 3.63) is 0 Å². The van der Waals surface area contributed by atoms with E-state index in [0.29, 0.717) is 0 Å². The van der Waals surface area contributed by atoms with Gasteiger partial charge in [0.25, 0.3) is 0 Å². The molecular formula is C5H10NP. The summed E-state index contributed by atoms with van der Waals surface area (Å²) in [6.07, 6.45) is 2.85. The normalized spacial score (nSPS) is 57.0. The van der Waals surface area contributed by atoms with Crippen LogP contribution in [0.25, 0.3) is 0 Å². The number of nitrogens with one attached hydrogen (secondary N) is 1. The second-order valence-corrected chi connectivity index (χ2v) is 3.42. The first-order valence-corrected chi connectivity index (χ1v) is 3.54. The van der Waals surface area contributed by atoms with E-state index in [-0.39, 0.29) is 0 Å². The highest BCUT2D eigenvalue weighted by Gasteiger charge is 2.43. The van der Waals surface area contributed by atoms with E-state index in [9.17, 15) is 0 Å². The Morgan fingerprint density at radius 2 is 2.29 bits per heavy atom. The molecule has 7 heavy (non-hydrogen) atoms. The van der Waals surface area contributed by atoms with Crippen molar-refractivity contribution in [1.82, 2.24) is 5.32 Å². The summed E-state index contributed by atoms with van der Waals surface area (Å²) in [5.74, 6) is 1.80. The molecule has 0 radical (unpaired) electrons. The summed E-state index contributed by atoms with van der Waals surface area (Å²) >= 11 is 0. The van der Waals surface area contributed by atoms with Gasteiger partial charge in [0.05, 0.1) is 0 Å². The summed E-state index contributed by atoms with van der Waals surface area (Å²) in [4.78, 5) is 0. The monoisotopic (exact) mass is 115 g/mol. The van der Waals surface area contributed by atoms with E-state index in [4.69, 9.17) is 0 Å². The molecule has 1 aliphatic carbocycles. The summed E-state index contributed by atoms with van der Waals surface area (Å²) < 4.78 is 0. The average Bonchev–Trinajstić information content (AvgIpc) is 2.15. The maximum atomic E-state index is 3.45. The summed E-state index contributed by atoms with van der Waals surface area (Å²) in [5.41, 5.74) is 0. The molecule has 4 atom stereocenters. The molecule has 40 valence electrons. The van der Waals surface area contributed by atoms with E-state index in [1.807, 2.05) is 0 Å². The lowest BCUT2D eigenvalue weighted by atomic mass is 10.3. The Morgan fingerprint density at radius 1 is 1.43 bits per heavy atom. The van der Waals surface area contributed by atoms with Crippen LogP contribution in [0.5, 0.6) is 0 Å². The Kier molecular flexibility index (Phi) is 0.741. The van der Waals surface area contributed by atoms with Gasteiger partial charge in [-0.2, -0.15) is 0 Å². The second-order valence-electron chi connectivity index (χ2n) is 2.61. The van der Waals surface area contributed by atoms with Crippen molar-refractivity contribution in [3.8, 4) is 0 Å². The van der Waals surface area contributed by atoms with Gasteiger partial charge in [-0.05, 0) is 18.8 Å². The van der Waals surface area contributed by atoms with Crippen molar-refractivity contribution in [2.45, 2.75) is 24.7 Å². The molecule has 1 aliphatic heterocycles. The first kappa shape index (κ1) is 4.29. The lowest BCUT2D eigenvalue weighted by Gasteiger charge is -2.01.